The zero-order valence-corrected chi connectivity index (χ0v) is 13.1. The van der Waals surface area contributed by atoms with Crippen LogP contribution in [0.1, 0.15) is 32.3 Å². The van der Waals surface area contributed by atoms with E-state index in [1.807, 2.05) is 30.3 Å². The van der Waals surface area contributed by atoms with Gasteiger partial charge in [-0.2, -0.15) is 0 Å². The van der Waals surface area contributed by atoms with Crippen molar-refractivity contribution in [3.05, 3.63) is 35.9 Å². The number of carboxylic acids is 2. The van der Waals surface area contributed by atoms with E-state index in [-0.39, 0.29) is 0 Å². The lowest BCUT2D eigenvalue weighted by Crippen LogP contribution is -2.40. The Morgan fingerprint density at radius 1 is 1.17 bits per heavy atom. The van der Waals surface area contributed by atoms with E-state index in [0.29, 0.717) is 6.61 Å². The first-order valence-corrected chi connectivity index (χ1v) is 7.00. The first-order chi connectivity index (χ1) is 10.6. The Balaban J connectivity index is 2.68. The predicted octanol–water partition coefficient (Wildman–Crippen LogP) is 1.67. The van der Waals surface area contributed by atoms with Gasteiger partial charge in [0.1, 0.15) is 5.60 Å². The Bertz CT molecular complexity index is 611. The lowest BCUT2D eigenvalue weighted by molar-refractivity contribution is -0.164. The van der Waals surface area contributed by atoms with Crippen LogP contribution in [-0.4, -0.2) is 38.5 Å². The number of hydrogen-bond acceptors (Lipinski definition) is 4. The van der Waals surface area contributed by atoms with E-state index in [2.05, 4.69) is 11.8 Å². The first-order valence-electron chi connectivity index (χ1n) is 7.00. The Morgan fingerprint density at radius 3 is 2.30 bits per heavy atom. The summed E-state index contributed by atoms with van der Waals surface area (Å²) in [4.78, 5) is 21.7. The maximum atomic E-state index is 11.0. The third kappa shape index (κ3) is 6.51. The van der Waals surface area contributed by atoms with Crippen LogP contribution in [0.25, 0.3) is 0 Å². The van der Waals surface area contributed by atoms with Crippen molar-refractivity contribution >= 4 is 11.9 Å². The third-order valence-corrected chi connectivity index (χ3v) is 3.05. The Morgan fingerprint density at radius 2 is 1.78 bits per heavy atom. The molecular formula is C17H20O6. The normalized spacial score (nSPS) is 13.5. The molecule has 0 fully saturated rings. The van der Waals surface area contributed by atoms with E-state index in [4.69, 9.17) is 14.9 Å². The lowest BCUT2D eigenvalue weighted by atomic mass is 9.95. The Kier molecular flexibility index (Phi) is 6.31. The van der Waals surface area contributed by atoms with Gasteiger partial charge in [-0.3, -0.25) is 4.79 Å². The number of aliphatic hydroxyl groups is 1. The van der Waals surface area contributed by atoms with Crippen LogP contribution < -0.4 is 0 Å². The summed E-state index contributed by atoms with van der Waals surface area (Å²) in [5, 5.41) is 27.5. The maximum Gasteiger partial charge on any atom is 0.337 e. The molecule has 0 heterocycles. The van der Waals surface area contributed by atoms with Gasteiger partial charge in [0.25, 0.3) is 0 Å². The van der Waals surface area contributed by atoms with Crippen LogP contribution in [0.5, 0.6) is 0 Å². The van der Waals surface area contributed by atoms with Crippen LogP contribution in [-0.2, 0) is 20.9 Å². The summed E-state index contributed by atoms with van der Waals surface area (Å²) >= 11 is 0. The van der Waals surface area contributed by atoms with E-state index >= 15 is 0 Å². The molecule has 0 radical (unpaired) electrons. The van der Waals surface area contributed by atoms with Gasteiger partial charge in [0, 0.05) is 6.42 Å². The molecule has 0 saturated heterocycles. The minimum absolute atomic E-state index is 0.334. The van der Waals surface area contributed by atoms with Crippen molar-refractivity contribution in [2.75, 3.05) is 0 Å². The summed E-state index contributed by atoms with van der Waals surface area (Å²) in [6.45, 7) is 3.75. The van der Waals surface area contributed by atoms with Crippen LogP contribution in [0, 0.1) is 11.8 Å². The molecule has 6 nitrogen and oxygen atoms in total. The van der Waals surface area contributed by atoms with E-state index in [9.17, 15) is 14.7 Å². The van der Waals surface area contributed by atoms with Gasteiger partial charge < -0.3 is 20.1 Å². The highest BCUT2D eigenvalue weighted by molar-refractivity contribution is 5.84. The van der Waals surface area contributed by atoms with Gasteiger partial charge in [-0.1, -0.05) is 42.2 Å². The average molecular weight is 320 g/mol. The average Bonchev–Trinajstić information content (AvgIpc) is 2.45. The quantitative estimate of drug-likeness (QED) is 0.660. The van der Waals surface area contributed by atoms with Crippen molar-refractivity contribution in [1.29, 1.82) is 0 Å². The molecule has 124 valence electrons. The van der Waals surface area contributed by atoms with Crippen molar-refractivity contribution in [1.82, 2.24) is 0 Å². The zero-order valence-electron chi connectivity index (χ0n) is 13.1. The summed E-state index contributed by atoms with van der Waals surface area (Å²) in [6, 6.07) is 9.47. The molecule has 0 spiro atoms. The van der Waals surface area contributed by atoms with E-state index in [0.717, 1.165) is 5.56 Å². The number of hydrogen-bond donors (Lipinski definition) is 3. The molecule has 0 unspecified atom stereocenters. The summed E-state index contributed by atoms with van der Waals surface area (Å²) < 4.78 is 5.65. The molecule has 1 rings (SSSR count). The highest BCUT2D eigenvalue weighted by atomic mass is 16.5. The maximum absolute atomic E-state index is 11.0. The van der Waals surface area contributed by atoms with Crippen molar-refractivity contribution < 1.29 is 29.6 Å². The fourth-order valence-corrected chi connectivity index (χ4v) is 1.74. The molecular weight excluding hydrogens is 300 g/mol. The van der Waals surface area contributed by atoms with E-state index in [1.165, 1.54) is 0 Å². The SMILES string of the molecule is CC(C)(C#CC[C@@](O)(CC(=O)O)C(=O)O)OCc1ccccc1. The van der Waals surface area contributed by atoms with Gasteiger partial charge in [0.2, 0.25) is 0 Å². The smallest absolute Gasteiger partial charge is 0.337 e. The predicted molar refractivity (Wildman–Crippen MR) is 82.5 cm³/mol. The van der Waals surface area contributed by atoms with Gasteiger partial charge in [0.15, 0.2) is 5.60 Å². The van der Waals surface area contributed by atoms with E-state index < -0.39 is 36.0 Å². The first kappa shape index (κ1) is 18.7. The van der Waals surface area contributed by atoms with Crippen LogP contribution >= 0.6 is 0 Å². The summed E-state index contributed by atoms with van der Waals surface area (Å²) in [6.07, 6.45) is -1.41. The number of aliphatic carboxylic acids is 2. The van der Waals surface area contributed by atoms with Gasteiger partial charge in [-0.25, -0.2) is 4.79 Å². The van der Waals surface area contributed by atoms with Crippen molar-refractivity contribution in [3.63, 3.8) is 0 Å². The molecule has 1 aromatic carbocycles. The minimum atomic E-state index is -2.41. The molecule has 0 aliphatic heterocycles. The van der Waals surface area contributed by atoms with Gasteiger partial charge in [-0.15, -0.1) is 0 Å². The largest absolute Gasteiger partial charge is 0.481 e. The fourth-order valence-electron chi connectivity index (χ4n) is 1.74. The Labute approximate surface area is 134 Å². The van der Waals surface area contributed by atoms with Crippen molar-refractivity contribution in [3.8, 4) is 11.8 Å². The van der Waals surface area contributed by atoms with Crippen LogP contribution in [0.15, 0.2) is 30.3 Å². The standard InChI is InChI=1S/C17H20O6/c1-16(2,23-12-13-7-4-3-5-8-13)9-6-10-17(22,15(20)21)11-14(18)19/h3-5,7-8,22H,10-12H2,1-2H3,(H,18,19)(H,20,21)/t17-/m1/s1. The lowest BCUT2D eigenvalue weighted by Gasteiger charge is -2.20. The molecule has 0 amide bonds. The molecule has 1 atom stereocenters. The van der Waals surface area contributed by atoms with Crippen LogP contribution in [0.4, 0.5) is 0 Å². The summed E-state index contributed by atoms with van der Waals surface area (Å²) in [7, 11) is 0. The molecule has 23 heavy (non-hydrogen) atoms. The van der Waals surface area contributed by atoms with Gasteiger partial charge in [-0.05, 0) is 19.4 Å². The van der Waals surface area contributed by atoms with Crippen molar-refractivity contribution in [2.24, 2.45) is 0 Å². The molecule has 0 aromatic heterocycles. The number of rotatable bonds is 7. The van der Waals surface area contributed by atoms with Gasteiger partial charge in [0.05, 0.1) is 13.0 Å². The number of ether oxygens (including phenoxy) is 1. The summed E-state index contributed by atoms with van der Waals surface area (Å²) in [5.41, 5.74) is -2.30. The molecule has 1 aromatic rings. The molecule has 3 N–H and O–H groups in total. The van der Waals surface area contributed by atoms with Gasteiger partial charge >= 0.3 is 11.9 Å². The van der Waals surface area contributed by atoms with Crippen LogP contribution in [0.2, 0.25) is 0 Å². The van der Waals surface area contributed by atoms with Crippen molar-refractivity contribution in [2.45, 2.75) is 44.5 Å². The molecule has 0 bridgehead atoms. The monoisotopic (exact) mass is 320 g/mol. The molecule has 0 aliphatic carbocycles. The fraction of sp³-hybridized carbons (Fsp3) is 0.412. The molecule has 0 aliphatic rings. The number of benzene rings is 1. The van der Waals surface area contributed by atoms with E-state index in [1.54, 1.807) is 13.8 Å². The second-order valence-electron chi connectivity index (χ2n) is 5.67. The highest BCUT2D eigenvalue weighted by Gasteiger charge is 2.37. The topological polar surface area (TPSA) is 104 Å². The zero-order chi connectivity index (χ0) is 17.5. The molecule has 0 saturated carbocycles. The van der Waals surface area contributed by atoms with Crippen LogP contribution in [0.3, 0.4) is 0 Å². The second kappa shape index (κ2) is 7.77. The highest BCUT2D eigenvalue weighted by Crippen LogP contribution is 2.17. The second-order valence-corrected chi connectivity index (χ2v) is 5.67. The minimum Gasteiger partial charge on any atom is -0.481 e. The number of carboxylic acid groups (broad SMARTS) is 2. The molecule has 6 heteroatoms. The summed E-state index contributed by atoms with van der Waals surface area (Å²) in [5.74, 6) is 2.22. The Hall–Kier alpha value is -2.36. The number of carbonyl (C=O) groups is 2. The third-order valence-electron chi connectivity index (χ3n) is 3.05.